The fourth-order valence-corrected chi connectivity index (χ4v) is 1.71. The van der Waals surface area contributed by atoms with Gasteiger partial charge in [0.2, 0.25) is 0 Å². The summed E-state index contributed by atoms with van der Waals surface area (Å²) in [5.74, 6) is 0.126. The molecule has 2 rings (SSSR count). The second-order valence-electron chi connectivity index (χ2n) is 2.16. The first-order chi connectivity index (χ1) is 5.27. The summed E-state index contributed by atoms with van der Waals surface area (Å²) in [7, 11) is 0. The summed E-state index contributed by atoms with van der Waals surface area (Å²) in [6, 6.07) is 5.05. The van der Waals surface area contributed by atoms with Gasteiger partial charge >= 0.3 is 4.87 Å². The number of aromatic nitrogens is 1. The maximum Gasteiger partial charge on any atom is 0.305 e. The molecule has 0 unspecified atom stereocenters. The van der Waals surface area contributed by atoms with Gasteiger partial charge in [-0.05, 0) is 12.1 Å². The monoisotopic (exact) mass is 239 g/mol. The lowest BCUT2D eigenvalue weighted by Crippen LogP contribution is -1.89. The lowest BCUT2D eigenvalue weighted by molar-refractivity contribution is 0.480. The maximum atomic E-state index is 10.8. The van der Waals surface area contributed by atoms with Gasteiger partial charge in [0, 0.05) is 0 Å². The molecule has 0 atom stereocenters. The molecule has 1 aromatic heterocycles. The molecule has 2 N–H and O–H groups in total. The number of para-hydroxylation sites is 1. The molecule has 0 aliphatic heterocycles. The van der Waals surface area contributed by atoms with Crippen LogP contribution in [0.3, 0.4) is 0 Å². The van der Waals surface area contributed by atoms with E-state index in [4.69, 9.17) is 0 Å². The van der Waals surface area contributed by atoms with Crippen molar-refractivity contribution in [2.45, 2.75) is 0 Å². The minimum absolute atomic E-state index is 0. The Morgan fingerprint density at radius 3 is 2.62 bits per heavy atom. The van der Waals surface area contributed by atoms with E-state index >= 15 is 0 Å². The Labute approximate surface area is 90.2 Å². The van der Waals surface area contributed by atoms with Gasteiger partial charge in [0.25, 0.3) is 0 Å². The average Bonchev–Trinajstić information content (AvgIpc) is 2.31. The minimum atomic E-state index is -0.137. The maximum absolute atomic E-state index is 10.8. The van der Waals surface area contributed by atoms with Crippen LogP contribution in [0.5, 0.6) is 5.75 Å². The van der Waals surface area contributed by atoms with Gasteiger partial charge in [-0.15, -0.1) is 24.8 Å². The number of phenols is 1. The van der Waals surface area contributed by atoms with Crippen LogP contribution in [-0.2, 0) is 0 Å². The molecule has 3 nitrogen and oxygen atoms in total. The number of halogens is 2. The Morgan fingerprint density at radius 1 is 1.31 bits per heavy atom. The van der Waals surface area contributed by atoms with Crippen LogP contribution in [0.1, 0.15) is 0 Å². The molecule has 0 bridgehead atoms. The zero-order valence-corrected chi connectivity index (χ0v) is 8.76. The number of benzene rings is 1. The normalized spacial score (nSPS) is 8.92. The first kappa shape index (κ1) is 12.3. The van der Waals surface area contributed by atoms with Crippen LogP contribution in [0, 0.1) is 0 Å². The number of hydrogen-bond acceptors (Lipinski definition) is 3. The number of thiazole rings is 1. The highest BCUT2D eigenvalue weighted by molar-refractivity contribution is 7.16. The Bertz CT molecular complexity index is 451. The van der Waals surface area contributed by atoms with E-state index in [1.165, 1.54) is 0 Å². The number of nitrogens with one attached hydrogen (secondary N) is 1. The van der Waals surface area contributed by atoms with Gasteiger partial charge in [-0.1, -0.05) is 17.4 Å². The highest BCUT2D eigenvalue weighted by atomic mass is 35.5. The molecule has 6 heteroatoms. The van der Waals surface area contributed by atoms with Crippen molar-refractivity contribution in [1.29, 1.82) is 0 Å². The van der Waals surface area contributed by atoms with E-state index in [1.54, 1.807) is 18.2 Å². The third-order valence-electron chi connectivity index (χ3n) is 1.43. The predicted octanol–water partition coefficient (Wildman–Crippen LogP) is 2.14. The van der Waals surface area contributed by atoms with Gasteiger partial charge in [0.15, 0.2) is 0 Å². The van der Waals surface area contributed by atoms with E-state index < -0.39 is 0 Å². The number of H-pyrrole nitrogens is 1. The molecule has 0 spiro atoms. The summed E-state index contributed by atoms with van der Waals surface area (Å²) in [5, 5.41) is 9.22. The molecule has 13 heavy (non-hydrogen) atoms. The summed E-state index contributed by atoms with van der Waals surface area (Å²) >= 11 is 1.10. The molecule has 0 radical (unpaired) electrons. The quantitative estimate of drug-likeness (QED) is 0.741. The summed E-state index contributed by atoms with van der Waals surface area (Å²) < 4.78 is 0.787. The topological polar surface area (TPSA) is 53.1 Å². The van der Waals surface area contributed by atoms with E-state index in [0.29, 0.717) is 5.52 Å². The van der Waals surface area contributed by atoms with Crippen molar-refractivity contribution in [2.75, 3.05) is 0 Å². The standard InChI is InChI=1S/C7H5NO2S.2ClH/c9-4-2-1-3-5-6(4)8-7(10)11-5;;/h1-3,9H,(H,8,10);2*1H. The fourth-order valence-electron chi connectivity index (χ4n) is 0.958. The number of fused-ring (bicyclic) bond motifs is 1. The first-order valence-corrected chi connectivity index (χ1v) is 3.90. The number of aromatic hydroxyl groups is 1. The predicted molar refractivity (Wildman–Crippen MR) is 58.6 cm³/mol. The summed E-state index contributed by atoms with van der Waals surface area (Å²) in [6.45, 7) is 0. The van der Waals surface area contributed by atoms with Gasteiger partial charge in [0.1, 0.15) is 11.3 Å². The SMILES string of the molecule is Cl.Cl.O=c1[nH]c2c(O)cccc2s1. The molecule has 1 heterocycles. The smallest absolute Gasteiger partial charge is 0.305 e. The van der Waals surface area contributed by atoms with Crippen LogP contribution >= 0.6 is 36.2 Å². The van der Waals surface area contributed by atoms with Crippen LogP contribution in [0.2, 0.25) is 0 Å². The van der Waals surface area contributed by atoms with Crippen LogP contribution in [0.4, 0.5) is 0 Å². The molecule has 0 saturated heterocycles. The van der Waals surface area contributed by atoms with E-state index in [1.807, 2.05) is 0 Å². The lowest BCUT2D eigenvalue weighted by Gasteiger charge is -1.89. The molecule has 0 fully saturated rings. The van der Waals surface area contributed by atoms with E-state index in [9.17, 15) is 9.90 Å². The average molecular weight is 240 g/mol. The molecular weight excluding hydrogens is 233 g/mol. The summed E-state index contributed by atoms with van der Waals surface area (Å²) in [4.78, 5) is 13.2. The third-order valence-corrected chi connectivity index (χ3v) is 2.28. The molecule has 1 aromatic carbocycles. The van der Waals surface area contributed by atoms with Crippen LogP contribution in [-0.4, -0.2) is 10.1 Å². The van der Waals surface area contributed by atoms with Crippen molar-refractivity contribution in [3.05, 3.63) is 27.9 Å². The van der Waals surface area contributed by atoms with Gasteiger partial charge in [-0.2, -0.15) is 0 Å². The fraction of sp³-hybridized carbons (Fsp3) is 0. The van der Waals surface area contributed by atoms with Crippen molar-refractivity contribution >= 4 is 46.4 Å². The van der Waals surface area contributed by atoms with Crippen LogP contribution in [0.15, 0.2) is 23.0 Å². The van der Waals surface area contributed by atoms with Crippen molar-refractivity contribution in [2.24, 2.45) is 0 Å². The number of rotatable bonds is 0. The molecule has 0 amide bonds. The highest BCUT2D eigenvalue weighted by Gasteiger charge is 2.01. The van der Waals surface area contributed by atoms with Crippen molar-refractivity contribution in [3.8, 4) is 5.75 Å². The van der Waals surface area contributed by atoms with Gasteiger partial charge < -0.3 is 10.1 Å². The summed E-state index contributed by atoms with van der Waals surface area (Å²) in [6.07, 6.45) is 0. The second-order valence-corrected chi connectivity index (χ2v) is 3.18. The molecule has 2 aromatic rings. The Hall–Kier alpha value is -0.710. The Balaban J connectivity index is 0.000000720. The Morgan fingerprint density at radius 2 is 2.00 bits per heavy atom. The lowest BCUT2D eigenvalue weighted by atomic mass is 10.3. The molecule has 72 valence electrons. The van der Waals surface area contributed by atoms with Crippen molar-refractivity contribution < 1.29 is 5.11 Å². The number of phenolic OH excluding ortho intramolecular Hbond substituents is 1. The van der Waals surface area contributed by atoms with Crippen LogP contribution < -0.4 is 4.87 Å². The summed E-state index contributed by atoms with van der Waals surface area (Å²) in [5.41, 5.74) is 0.530. The number of hydrogen-bond donors (Lipinski definition) is 2. The second kappa shape index (κ2) is 4.50. The minimum Gasteiger partial charge on any atom is -0.506 e. The van der Waals surface area contributed by atoms with Crippen LogP contribution in [0.25, 0.3) is 10.2 Å². The first-order valence-electron chi connectivity index (χ1n) is 3.08. The van der Waals surface area contributed by atoms with Gasteiger partial charge in [-0.25, -0.2) is 0 Å². The van der Waals surface area contributed by atoms with Crippen molar-refractivity contribution in [3.63, 3.8) is 0 Å². The van der Waals surface area contributed by atoms with E-state index in [0.717, 1.165) is 16.0 Å². The number of aromatic amines is 1. The Kier molecular flexibility index (Phi) is 4.26. The van der Waals surface area contributed by atoms with Gasteiger partial charge in [-0.3, -0.25) is 4.79 Å². The third kappa shape index (κ3) is 2.15. The zero-order valence-electron chi connectivity index (χ0n) is 6.31. The molecule has 0 aliphatic rings. The largest absolute Gasteiger partial charge is 0.506 e. The molecule has 0 aliphatic carbocycles. The highest BCUT2D eigenvalue weighted by Crippen LogP contribution is 2.22. The zero-order chi connectivity index (χ0) is 7.84. The van der Waals surface area contributed by atoms with E-state index in [2.05, 4.69) is 4.98 Å². The molecular formula is C7H7Cl2NO2S. The molecule has 0 saturated carbocycles. The van der Waals surface area contributed by atoms with E-state index in [-0.39, 0.29) is 35.4 Å². The van der Waals surface area contributed by atoms with Crippen molar-refractivity contribution in [1.82, 2.24) is 4.98 Å². The van der Waals surface area contributed by atoms with Gasteiger partial charge in [0.05, 0.1) is 4.70 Å².